The largest absolute Gasteiger partial charge is 0.468 e. The van der Waals surface area contributed by atoms with Crippen molar-refractivity contribution in [3.05, 3.63) is 11.6 Å². The first-order chi connectivity index (χ1) is 11.1. The SMILES string of the molecule is CCCC/C=C(\CCCCCCCC)C(C(=O)OC)C(=O)OC. The van der Waals surface area contributed by atoms with Gasteiger partial charge in [-0.1, -0.05) is 64.9 Å². The fourth-order valence-electron chi connectivity index (χ4n) is 2.60. The van der Waals surface area contributed by atoms with E-state index in [1.165, 1.54) is 39.9 Å². The molecule has 0 bridgehead atoms. The Morgan fingerprint density at radius 1 is 0.826 bits per heavy atom. The molecule has 0 aromatic carbocycles. The van der Waals surface area contributed by atoms with Gasteiger partial charge in [-0.15, -0.1) is 0 Å². The quantitative estimate of drug-likeness (QED) is 0.211. The van der Waals surface area contributed by atoms with Gasteiger partial charge in [0.15, 0.2) is 5.92 Å². The molecule has 0 atom stereocenters. The number of hydrogen-bond donors (Lipinski definition) is 0. The monoisotopic (exact) mass is 326 g/mol. The van der Waals surface area contributed by atoms with Crippen LogP contribution in [0.1, 0.15) is 78.1 Å². The highest BCUT2D eigenvalue weighted by molar-refractivity contribution is 5.98. The van der Waals surface area contributed by atoms with E-state index in [0.29, 0.717) is 0 Å². The summed E-state index contributed by atoms with van der Waals surface area (Å²) in [5, 5.41) is 0. The normalized spacial score (nSPS) is 11.6. The summed E-state index contributed by atoms with van der Waals surface area (Å²) in [7, 11) is 2.62. The average molecular weight is 326 g/mol. The molecule has 0 aromatic rings. The molecule has 0 saturated heterocycles. The van der Waals surface area contributed by atoms with Crippen LogP contribution in [0.3, 0.4) is 0 Å². The summed E-state index contributed by atoms with van der Waals surface area (Å²) in [6.45, 7) is 4.32. The van der Waals surface area contributed by atoms with Crippen LogP contribution in [-0.4, -0.2) is 26.2 Å². The van der Waals surface area contributed by atoms with Crippen LogP contribution in [0.2, 0.25) is 0 Å². The van der Waals surface area contributed by atoms with Gasteiger partial charge in [-0.3, -0.25) is 9.59 Å². The van der Waals surface area contributed by atoms with E-state index in [9.17, 15) is 9.59 Å². The highest BCUT2D eigenvalue weighted by Crippen LogP contribution is 2.23. The van der Waals surface area contributed by atoms with Crippen LogP contribution in [0.4, 0.5) is 0 Å². The van der Waals surface area contributed by atoms with Gasteiger partial charge in [-0.2, -0.15) is 0 Å². The van der Waals surface area contributed by atoms with E-state index in [2.05, 4.69) is 13.8 Å². The molecule has 0 amide bonds. The number of methoxy groups -OCH3 is 2. The topological polar surface area (TPSA) is 52.6 Å². The Morgan fingerprint density at radius 2 is 1.35 bits per heavy atom. The van der Waals surface area contributed by atoms with Gasteiger partial charge in [0, 0.05) is 0 Å². The number of carbonyl (C=O) groups is 2. The molecular weight excluding hydrogens is 292 g/mol. The lowest BCUT2D eigenvalue weighted by molar-refractivity contribution is -0.156. The predicted molar refractivity (Wildman–Crippen MR) is 93.1 cm³/mol. The van der Waals surface area contributed by atoms with Gasteiger partial charge in [-0.25, -0.2) is 0 Å². The summed E-state index contributed by atoms with van der Waals surface area (Å²) in [6, 6.07) is 0. The molecule has 0 aliphatic heterocycles. The molecule has 134 valence electrons. The number of ether oxygens (including phenoxy) is 2. The molecule has 0 radical (unpaired) electrons. The average Bonchev–Trinajstić information content (AvgIpc) is 2.57. The molecule has 0 fully saturated rings. The lowest BCUT2D eigenvalue weighted by Gasteiger charge is -2.17. The molecule has 0 heterocycles. The Hall–Kier alpha value is -1.32. The molecule has 0 aliphatic carbocycles. The van der Waals surface area contributed by atoms with E-state index in [-0.39, 0.29) is 0 Å². The molecular formula is C19H34O4. The second kappa shape index (κ2) is 14.3. The van der Waals surface area contributed by atoms with Crippen LogP contribution in [0.25, 0.3) is 0 Å². The van der Waals surface area contributed by atoms with Crippen molar-refractivity contribution in [2.45, 2.75) is 78.1 Å². The zero-order valence-corrected chi connectivity index (χ0v) is 15.4. The van der Waals surface area contributed by atoms with Gasteiger partial charge in [0.1, 0.15) is 0 Å². The Bertz CT molecular complexity index is 344. The minimum absolute atomic E-state index is 0.523. The Balaban J connectivity index is 4.77. The predicted octanol–water partition coefficient (Wildman–Crippen LogP) is 4.82. The van der Waals surface area contributed by atoms with Gasteiger partial charge in [-0.05, 0) is 24.8 Å². The summed E-state index contributed by atoms with van der Waals surface area (Å²) in [4.78, 5) is 24.0. The molecule has 0 rings (SSSR count). The Kier molecular flexibility index (Phi) is 13.5. The number of hydrogen-bond acceptors (Lipinski definition) is 4. The smallest absolute Gasteiger partial charge is 0.324 e. The highest BCUT2D eigenvalue weighted by atomic mass is 16.5. The number of unbranched alkanes of at least 4 members (excludes halogenated alkanes) is 7. The van der Waals surface area contributed by atoms with Crippen molar-refractivity contribution < 1.29 is 19.1 Å². The van der Waals surface area contributed by atoms with E-state index in [1.54, 1.807) is 0 Å². The molecule has 0 saturated carbocycles. The van der Waals surface area contributed by atoms with Crippen LogP contribution in [0.15, 0.2) is 11.6 Å². The van der Waals surface area contributed by atoms with Crippen molar-refractivity contribution in [1.29, 1.82) is 0 Å². The van der Waals surface area contributed by atoms with Crippen molar-refractivity contribution in [3.8, 4) is 0 Å². The highest BCUT2D eigenvalue weighted by Gasteiger charge is 2.31. The fraction of sp³-hybridized carbons (Fsp3) is 0.789. The minimum atomic E-state index is -0.905. The van der Waals surface area contributed by atoms with Crippen LogP contribution >= 0.6 is 0 Å². The van der Waals surface area contributed by atoms with Crippen molar-refractivity contribution in [2.75, 3.05) is 14.2 Å². The van der Waals surface area contributed by atoms with Gasteiger partial charge >= 0.3 is 11.9 Å². The van der Waals surface area contributed by atoms with E-state index >= 15 is 0 Å². The van der Waals surface area contributed by atoms with Crippen LogP contribution in [-0.2, 0) is 19.1 Å². The summed E-state index contributed by atoms with van der Waals surface area (Å²) in [6.07, 6.45) is 12.9. The third-order valence-corrected chi connectivity index (χ3v) is 4.03. The fourth-order valence-corrected chi connectivity index (χ4v) is 2.60. The van der Waals surface area contributed by atoms with Gasteiger partial charge in [0.2, 0.25) is 0 Å². The molecule has 4 heteroatoms. The van der Waals surface area contributed by atoms with E-state index < -0.39 is 17.9 Å². The number of esters is 2. The number of rotatable bonds is 13. The maximum Gasteiger partial charge on any atom is 0.324 e. The lowest BCUT2D eigenvalue weighted by Crippen LogP contribution is -2.28. The lowest BCUT2D eigenvalue weighted by atomic mass is 9.92. The standard InChI is InChI=1S/C19H34O4/c1-5-7-9-10-11-13-15-16(14-12-8-6-2)17(18(20)22-3)19(21)23-4/h14,17H,5-13,15H2,1-4H3/b16-14+. The number of carbonyl (C=O) groups excluding carboxylic acids is 2. The van der Waals surface area contributed by atoms with Crippen LogP contribution in [0, 0.1) is 5.92 Å². The molecule has 0 aliphatic rings. The summed E-state index contributed by atoms with van der Waals surface area (Å²) in [5.41, 5.74) is 0.854. The molecule has 23 heavy (non-hydrogen) atoms. The van der Waals surface area contributed by atoms with E-state index in [1.807, 2.05) is 6.08 Å². The molecule has 0 spiro atoms. The third-order valence-electron chi connectivity index (χ3n) is 4.03. The van der Waals surface area contributed by atoms with Crippen LogP contribution < -0.4 is 0 Å². The summed E-state index contributed by atoms with van der Waals surface area (Å²) >= 11 is 0. The first-order valence-electron chi connectivity index (χ1n) is 8.96. The molecule has 0 unspecified atom stereocenters. The zero-order chi connectivity index (χ0) is 17.5. The first kappa shape index (κ1) is 21.7. The second-order valence-electron chi connectivity index (χ2n) is 5.92. The van der Waals surface area contributed by atoms with E-state index in [0.717, 1.165) is 44.1 Å². The third kappa shape index (κ3) is 9.42. The van der Waals surface area contributed by atoms with Gasteiger partial charge < -0.3 is 9.47 Å². The van der Waals surface area contributed by atoms with Crippen LogP contribution in [0.5, 0.6) is 0 Å². The van der Waals surface area contributed by atoms with Crippen molar-refractivity contribution in [2.24, 2.45) is 5.92 Å². The molecule has 4 nitrogen and oxygen atoms in total. The van der Waals surface area contributed by atoms with Gasteiger partial charge in [0.05, 0.1) is 14.2 Å². The van der Waals surface area contributed by atoms with Crippen molar-refractivity contribution >= 4 is 11.9 Å². The zero-order valence-electron chi connectivity index (χ0n) is 15.4. The second-order valence-corrected chi connectivity index (χ2v) is 5.92. The molecule has 0 N–H and O–H groups in total. The molecule has 0 aromatic heterocycles. The summed E-state index contributed by atoms with van der Waals surface area (Å²) < 4.78 is 9.60. The minimum Gasteiger partial charge on any atom is -0.468 e. The Labute approximate surface area is 141 Å². The maximum atomic E-state index is 12.0. The first-order valence-corrected chi connectivity index (χ1v) is 8.96. The Morgan fingerprint density at radius 3 is 1.87 bits per heavy atom. The van der Waals surface area contributed by atoms with Crippen molar-refractivity contribution in [3.63, 3.8) is 0 Å². The maximum absolute atomic E-state index is 12.0. The van der Waals surface area contributed by atoms with E-state index in [4.69, 9.17) is 9.47 Å². The van der Waals surface area contributed by atoms with Crippen molar-refractivity contribution in [1.82, 2.24) is 0 Å². The number of allylic oxidation sites excluding steroid dienone is 1. The summed E-state index contributed by atoms with van der Waals surface area (Å²) in [5.74, 6) is -1.95. The van der Waals surface area contributed by atoms with Gasteiger partial charge in [0.25, 0.3) is 0 Å².